The zero-order valence-electron chi connectivity index (χ0n) is 14.3. The van der Waals surface area contributed by atoms with Crippen molar-refractivity contribution in [1.29, 1.82) is 0 Å². The first-order chi connectivity index (χ1) is 10.0. The smallest absolute Gasteiger partial charge is 0.230 e. The van der Waals surface area contributed by atoms with Crippen molar-refractivity contribution < 1.29 is 9.90 Å². The number of carbonyl (C=O) groups excluding carboxylic acids is 1. The lowest BCUT2D eigenvalue weighted by atomic mass is 9.89. The lowest BCUT2D eigenvalue weighted by molar-refractivity contribution is -0.124. The lowest BCUT2D eigenvalue weighted by Gasteiger charge is -2.22. The number of nitrogens with two attached hydrogens (primary N) is 1. The molecule has 0 aliphatic carbocycles. The third kappa shape index (κ3) is 5.56. The molecule has 0 unspecified atom stereocenters. The Morgan fingerprint density at radius 3 is 2.41 bits per heavy atom. The van der Waals surface area contributed by atoms with Crippen molar-refractivity contribution in [3.05, 3.63) is 18.2 Å². The largest absolute Gasteiger partial charge is 0.397 e. The lowest BCUT2D eigenvalue weighted by Crippen LogP contribution is -2.30. The first kappa shape index (κ1) is 18.3. The van der Waals surface area contributed by atoms with E-state index in [4.69, 9.17) is 5.73 Å². The van der Waals surface area contributed by atoms with Gasteiger partial charge < -0.3 is 21.5 Å². The highest BCUT2D eigenvalue weighted by atomic mass is 16.3. The van der Waals surface area contributed by atoms with E-state index in [9.17, 15) is 9.90 Å². The van der Waals surface area contributed by atoms with Crippen LogP contribution in [0, 0.1) is 5.41 Å². The first-order valence-electron chi connectivity index (χ1n) is 7.72. The average molecular weight is 307 g/mol. The number of rotatable bonds is 7. The fourth-order valence-corrected chi connectivity index (χ4v) is 1.77. The van der Waals surface area contributed by atoms with E-state index in [2.05, 4.69) is 10.6 Å². The molecule has 1 rings (SSSR count). The topological polar surface area (TPSA) is 87.4 Å². The molecule has 0 aromatic heterocycles. The van der Waals surface area contributed by atoms with Crippen LogP contribution in [0.5, 0.6) is 0 Å². The highest BCUT2D eigenvalue weighted by Crippen LogP contribution is 2.26. The molecule has 0 saturated heterocycles. The number of hydrogen-bond donors (Lipinski definition) is 4. The minimum absolute atomic E-state index is 0.0165. The third-order valence-corrected chi connectivity index (χ3v) is 3.86. The molecule has 0 heterocycles. The number of hydrogen-bond acceptors (Lipinski definition) is 4. The minimum Gasteiger partial charge on any atom is -0.397 e. The number of amides is 1. The summed E-state index contributed by atoms with van der Waals surface area (Å²) in [7, 11) is 0. The number of nitrogen functional groups attached to an aromatic ring is 1. The van der Waals surface area contributed by atoms with E-state index < -0.39 is 11.0 Å². The Morgan fingerprint density at radius 1 is 1.27 bits per heavy atom. The molecular formula is C17H29N3O2. The molecule has 5 N–H and O–H groups in total. The van der Waals surface area contributed by atoms with Gasteiger partial charge in [-0.05, 0) is 44.9 Å². The number of benzene rings is 1. The van der Waals surface area contributed by atoms with Gasteiger partial charge in [-0.25, -0.2) is 0 Å². The van der Waals surface area contributed by atoms with Crippen LogP contribution in [0.3, 0.4) is 0 Å². The summed E-state index contributed by atoms with van der Waals surface area (Å²) in [4.78, 5) is 12.1. The number of aliphatic hydroxyl groups is 1. The molecule has 0 atom stereocenters. The van der Waals surface area contributed by atoms with E-state index in [0.717, 1.165) is 12.1 Å². The van der Waals surface area contributed by atoms with Crippen molar-refractivity contribution >= 4 is 23.0 Å². The number of nitrogens with one attached hydrogen (secondary N) is 2. The summed E-state index contributed by atoms with van der Waals surface area (Å²) in [5, 5.41) is 15.8. The third-order valence-electron chi connectivity index (χ3n) is 3.86. The van der Waals surface area contributed by atoms with E-state index in [1.54, 1.807) is 19.9 Å². The van der Waals surface area contributed by atoms with Crippen LogP contribution in [0.1, 0.15) is 47.5 Å². The highest BCUT2D eigenvalue weighted by molar-refractivity contribution is 5.95. The second-order valence-electron chi connectivity index (χ2n) is 6.98. The van der Waals surface area contributed by atoms with Crippen molar-refractivity contribution in [2.45, 2.75) is 53.1 Å². The Hall–Kier alpha value is -1.75. The Bertz CT molecular complexity index is 519. The Balaban J connectivity index is 2.68. The van der Waals surface area contributed by atoms with Gasteiger partial charge >= 0.3 is 0 Å². The summed E-state index contributed by atoms with van der Waals surface area (Å²) in [5.74, 6) is -0.0165. The number of carbonyl (C=O) groups is 1. The Kier molecular flexibility index (Phi) is 5.83. The number of anilines is 3. The molecular weight excluding hydrogens is 278 g/mol. The summed E-state index contributed by atoms with van der Waals surface area (Å²) in [6, 6.07) is 5.41. The molecule has 0 aliphatic heterocycles. The molecule has 0 bridgehead atoms. The molecule has 0 aliphatic rings. The predicted octanol–water partition coefficient (Wildman–Crippen LogP) is 3.22. The van der Waals surface area contributed by atoms with Crippen LogP contribution in [0.2, 0.25) is 0 Å². The molecule has 5 heteroatoms. The molecule has 0 radical (unpaired) electrons. The summed E-state index contributed by atoms with van der Waals surface area (Å²) in [6.45, 7) is 9.99. The standard InChI is InChI=1S/C17H29N3O2/c1-6-16(2,3)15(21)20-12-7-8-14(13(18)11-12)19-10-9-17(4,5)22/h7-8,11,19,22H,6,9-10,18H2,1-5H3,(H,20,21). The highest BCUT2D eigenvalue weighted by Gasteiger charge is 2.25. The van der Waals surface area contributed by atoms with Crippen LogP contribution in [-0.4, -0.2) is 23.2 Å². The van der Waals surface area contributed by atoms with Gasteiger partial charge in [0.1, 0.15) is 0 Å². The van der Waals surface area contributed by atoms with Crippen LogP contribution in [-0.2, 0) is 4.79 Å². The monoisotopic (exact) mass is 307 g/mol. The maximum absolute atomic E-state index is 12.1. The molecule has 1 aromatic carbocycles. The van der Waals surface area contributed by atoms with E-state index in [1.165, 1.54) is 0 Å². The second-order valence-corrected chi connectivity index (χ2v) is 6.98. The van der Waals surface area contributed by atoms with Gasteiger partial charge in [-0.1, -0.05) is 20.8 Å². The maximum Gasteiger partial charge on any atom is 0.230 e. The molecule has 0 fully saturated rings. The quantitative estimate of drug-likeness (QED) is 0.582. The van der Waals surface area contributed by atoms with E-state index in [0.29, 0.717) is 24.3 Å². The normalized spacial score (nSPS) is 12.1. The molecule has 1 amide bonds. The van der Waals surface area contributed by atoms with E-state index in [1.807, 2.05) is 32.9 Å². The molecule has 124 valence electrons. The summed E-state index contributed by atoms with van der Waals surface area (Å²) >= 11 is 0. The van der Waals surface area contributed by atoms with Crippen molar-refractivity contribution in [2.24, 2.45) is 5.41 Å². The van der Waals surface area contributed by atoms with Gasteiger partial charge in [0.2, 0.25) is 5.91 Å². The van der Waals surface area contributed by atoms with Gasteiger partial charge in [0.05, 0.1) is 17.0 Å². The van der Waals surface area contributed by atoms with Gasteiger partial charge in [0, 0.05) is 17.6 Å². The van der Waals surface area contributed by atoms with Gasteiger partial charge in [0.15, 0.2) is 0 Å². The van der Waals surface area contributed by atoms with Crippen LogP contribution >= 0.6 is 0 Å². The van der Waals surface area contributed by atoms with E-state index in [-0.39, 0.29) is 5.91 Å². The molecule has 0 spiro atoms. The van der Waals surface area contributed by atoms with Gasteiger partial charge in [0.25, 0.3) is 0 Å². The zero-order valence-corrected chi connectivity index (χ0v) is 14.3. The Labute approximate surface area is 133 Å². The molecule has 5 nitrogen and oxygen atoms in total. The molecule has 22 heavy (non-hydrogen) atoms. The van der Waals surface area contributed by atoms with Crippen LogP contribution in [0.25, 0.3) is 0 Å². The summed E-state index contributed by atoms with van der Waals surface area (Å²) in [5.41, 5.74) is 6.97. The average Bonchev–Trinajstić information content (AvgIpc) is 2.39. The SMILES string of the molecule is CCC(C)(C)C(=O)Nc1ccc(NCCC(C)(C)O)c(N)c1. The van der Waals surface area contributed by atoms with Crippen LogP contribution in [0.15, 0.2) is 18.2 Å². The molecule has 1 aromatic rings. The minimum atomic E-state index is -0.707. The summed E-state index contributed by atoms with van der Waals surface area (Å²) < 4.78 is 0. The van der Waals surface area contributed by atoms with Crippen molar-refractivity contribution in [3.63, 3.8) is 0 Å². The summed E-state index contributed by atoms with van der Waals surface area (Å²) in [6.07, 6.45) is 1.39. The van der Waals surface area contributed by atoms with E-state index >= 15 is 0 Å². The fourth-order valence-electron chi connectivity index (χ4n) is 1.77. The fraction of sp³-hybridized carbons (Fsp3) is 0.588. The van der Waals surface area contributed by atoms with Gasteiger partial charge in [-0.15, -0.1) is 0 Å². The van der Waals surface area contributed by atoms with Crippen LogP contribution in [0.4, 0.5) is 17.1 Å². The van der Waals surface area contributed by atoms with Crippen molar-refractivity contribution in [1.82, 2.24) is 0 Å². The second kappa shape index (κ2) is 7.01. The molecule has 0 saturated carbocycles. The predicted molar refractivity (Wildman–Crippen MR) is 93.0 cm³/mol. The zero-order chi connectivity index (χ0) is 17.0. The van der Waals surface area contributed by atoms with Gasteiger partial charge in [-0.3, -0.25) is 4.79 Å². The van der Waals surface area contributed by atoms with Crippen molar-refractivity contribution in [3.8, 4) is 0 Å². The first-order valence-corrected chi connectivity index (χ1v) is 7.72. The van der Waals surface area contributed by atoms with Crippen molar-refractivity contribution in [2.75, 3.05) is 22.9 Å². The van der Waals surface area contributed by atoms with Crippen LogP contribution < -0.4 is 16.4 Å². The Morgan fingerprint density at radius 2 is 1.91 bits per heavy atom. The maximum atomic E-state index is 12.1. The van der Waals surface area contributed by atoms with Gasteiger partial charge in [-0.2, -0.15) is 0 Å².